The Kier molecular flexibility index (Phi) is 5.99. The minimum absolute atomic E-state index is 0.0535. The maximum absolute atomic E-state index is 14.5. The molecule has 0 aliphatic carbocycles. The molecule has 33 heavy (non-hydrogen) atoms. The lowest BCUT2D eigenvalue weighted by Gasteiger charge is -2.50. The molecule has 0 saturated carbocycles. The summed E-state index contributed by atoms with van der Waals surface area (Å²) in [6, 6.07) is 8.33. The van der Waals surface area contributed by atoms with Crippen LogP contribution in [0.2, 0.25) is 0 Å². The SMILES string of the molecule is CC(C)C(=O)c1ccc2n1CCN(C)C21CCN(C(=O)c2ccc(C(C)(C)O)c(F)c2)CC1. The van der Waals surface area contributed by atoms with E-state index in [-0.39, 0.29) is 28.7 Å². The topological polar surface area (TPSA) is 65.8 Å². The normalized spacial score (nSPS) is 18.6. The van der Waals surface area contributed by atoms with Crippen LogP contribution in [0.4, 0.5) is 4.39 Å². The largest absolute Gasteiger partial charge is 0.386 e. The predicted octanol–water partition coefficient (Wildman–Crippen LogP) is 3.77. The second-order valence-electron chi connectivity index (χ2n) is 10.3. The number of fused-ring (bicyclic) bond motifs is 2. The van der Waals surface area contributed by atoms with Crippen molar-refractivity contribution in [3.63, 3.8) is 0 Å². The van der Waals surface area contributed by atoms with Crippen molar-refractivity contribution in [2.45, 2.75) is 58.2 Å². The van der Waals surface area contributed by atoms with Crippen molar-refractivity contribution in [2.75, 3.05) is 26.7 Å². The van der Waals surface area contributed by atoms with Crippen LogP contribution in [0.5, 0.6) is 0 Å². The van der Waals surface area contributed by atoms with Gasteiger partial charge in [0.1, 0.15) is 5.82 Å². The lowest BCUT2D eigenvalue weighted by atomic mass is 9.81. The number of halogens is 1. The third-order valence-electron chi connectivity index (χ3n) is 7.38. The van der Waals surface area contributed by atoms with Gasteiger partial charge >= 0.3 is 0 Å². The fourth-order valence-electron chi connectivity index (χ4n) is 5.33. The summed E-state index contributed by atoms with van der Waals surface area (Å²) in [7, 11) is 2.11. The maximum Gasteiger partial charge on any atom is 0.253 e. The highest BCUT2D eigenvalue weighted by atomic mass is 19.1. The lowest BCUT2D eigenvalue weighted by molar-refractivity contribution is 0.0127. The van der Waals surface area contributed by atoms with Crippen LogP contribution in [-0.2, 0) is 17.7 Å². The molecule has 1 aromatic heterocycles. The lowest BCUT2D eigenvalue weighted by Crippen LogP contribution is -2.56. The van der Waals surface area contributed by atoms with Crippen molar-refractivity contribution in [3.05, 3.63) is 58.7 Å². The molecule has 0 atom stereocenters. The summed E-state index contributed by atoms with van der Waals surface area (Å²) in [5, 5.41) is 10.1. The molecule has 4 rings (SSSR count). The van der Waals surface area contributed by atoms with E-state index >= 15 is 0 Å². The Morgan fingerprint density at radius 3 is 2.30 bits per heavy atom. The molecule has 178 valence electrons. The molecule has 0 unspecified atom stereocenters. The summed E-state index contributed by atoms with van der Waals surface area (Å²) in [5.74, 6) is -0.669. The van der Waals surface area contributed by atoms with E-state index in [1.807, 2.05) is 19.9 Å². The smallest absolute Gasteiger partial charge is 0.253 e. The molecule has 0 bridgehead atoms. The van der Waals surface area contributed by atoms with E-state index in [0.29, 0.717) is 18.7 Å². The maximum atomic E-state index is 14.5. The van der Waals surface area contributed by atoms with Crippen LogP contribution < -0.4 is 0 Å². The Morgan fingerprint density at radius 2 is 1.73 bits per heavy atom. The van der Waals surface area contributed by atoms with Gasteiger partial charge in [0.25, 0.3) is 5.91 Å². The Hall–Kier alpha value is -2.51. The Balaban J connectivity index is 1.55. The number of hydrogen-bond donors (Lipinski definition) is 1. The van der Waals surface area contributed by atoms with Gasteiger partial charge in [0.15, 0.2) is 5.78 Å². The second-order valence-corrected chi connectivity index (χ2v) is 10.3. The Bertz CT molecular complexity index is 1070. The minimum atomic E-state index is -1.31. The molecular weight excluding hydrogens is 421 g/mol. The summed E-state index contributed by atoms with van der Waals surface area (Å²) in [4.78, 5) is 30.0. The first-order valence-corrected chi connectivity index (χ1v) is 11.7. The third-order valence-corrected chi connectivity index (χ3v) is 7.38. The molecule has 2 aliphatic rings. The fourth-order valence-corrected chi connectivity index (χ4v) is 5.33. The molecule has 1 amide bonds. The van der Waals surface area contributed by atoms with Crippen LogP contribution in [0.3, 0.4) is 0 Å². The molecule has 6 nitrogen and oxygen atoms in total. The summed E-state index contributed by atoms with van der Waals surface area (Å²) in [5.41, 5.74) is 0.857. The van der Waals surface area contributed by atoms with Crippen LogP contribution in [0, 0.1) is 11.7 Å². The van der Waals surface area contributed by atoms with E-state index in [0.717, 1.165) is 37.3 Å². The van der Waals surface area contributed by atoms with Gasteiger partial charge in [-0.25, -0.2) is 4.39 Å². The number of ketones is 1. The van der Waals surface area contributed by atoms with E-state index in [1.54, 1.807) is 11.0 Å². The van der Waals surface area contributed by atoms with Crippen molar-refractivity contribution in [1.29, 1.82) is 0 Å². The van der Waals surface area contributed by atoms with E-state index in [1.165, 1.54) is 26.0 Å². The first kappa shape index (κ1) is 23.6. The average Bonchev–Trinajstić information content (AvgIpc) is 3.20. The number of hydrogen-bond acceptors (Lipinski definition) is 4. The van der Waals surface area contributed by atoms with E-state index in [4.69, 9.17) is 0 Å². The number of aromatic nitrogens is 1. The van der Waals surface area contributed by atoms with E-state index in [2.05, 4.69) is 22.6 Å². The highest BCUT2D eigenvalue weighted by Crippen LogP contribution is 2.42. The van der Waals surface area contributed by atoms with Crippen LogP contribution in [0.25, 0.3) is 0 Å². The number of aliphatic hydroxyl groups is 1. The molecule has 0 radical (unpaired) electrons. The zero-order valence-electron chi connectivity index (χ0n) is 20.2. The predicted molar refractivity (Wildman–Crippen MR) is 125 cm³/mol. The molecule has 1 aromatic carbocycles. The van der Waals surface area contributed by atoms with Crippen LogP contribution in [0.15, 0.2) is 30.3 Å². The molecule has 7 heteroatoms. The van der Waals surface area contributed by atoms with Gasteiger partial charge in [-0.1, -0.05) is 19.9 Å². The van der Waals surface area contributed by atoms with Gasteiger partial charge in [0.05, 0.1) is 16.8 Å². The number of amides is 1. The van der Waals surface area contributed by atoms with Gasteiger partial charge in [-0.2, -0.15) is 0 Å². The number of likely N-dealkylation sites (N-methyl/N-ethyl adjacent to an activating group) is 1. The molecule has 2 aromatic rings. The van der Waals surface area contributed by atoms with Gasteiger partial charge in [-0.05, 0) is 58.0 Å². The fraction of sp³-hybridized carbons (Fsp3) is 0.538. The molecule has 2 aliphatic heterocycles. The zero-order chi connectivity index (χ0) is 24.1. The molecule has 1 spiro atoms. The number of Topliss-reactive ketones (excluding diaryl/α,β-unsaturated/α-hetero) is 1. The standard InChI is InChI=1S/C26H34FN3O3/c1-17(2)23(31)21-8-9-22-26(28(5)14-15-30(21)22)10-12-29(13-11-26)24(32)18-6-7-19(20(27)16-18)25(3,4)33/h6-9,16-17,33H,10-15H2,1-5H3. The molecular formula is C26H34FN3O3. The quantitative estimate of drug-likeness (QED) is 0.713. The number of benzene rings is 1. The third kappa shape index (κ3) is 4.02. The number of carbonyl (C=O) groups is 2. The second kappa shape index (κ2) is 8.37. The number of nitrogens with zero attached hydrogens (tertiary/aromatic N) is 3. The van der Waals surface area contributed by atoms with Gasteiger partial charge < -0.3 is 14.6 Å². The number of rotatable bonds is 4. The van der Waals surface area contributed by atoms with Gasteiger partial charge in [0, 0.05) is 48.9 Å². The summed E-state index contributed by atoms with van der Waals surface area (Å²) >= 11 is 0. The van der Waals surface area contributed by atoms with Crippen molar-refractivity contribution in [2.24, 2.45) is 5.92 Å². The zero-order valence-corrected chi connectivity index (χ0v) is 20.2. The monoisotopic (exact) mass is 455 g/mol. The van der Waals surface area contributed by atoms with Crippen molar-refractivity contribution in [3.8, 4) is 0 Å². The van der Waals surface area contributed by atoms with Crippen molar-refractivity contribution in [1.82, 2.24) is 14.4 Å². The van der Waals surface area contributed by atoms with E-state index < -0.39 is 11.4 Å². The van der Waals surface area contributed by atoms with Gasteiger partial charge in [-0.3, -0.25) is 14.5 Å². The van der Waals surface area contributed by atoms with Crippen molar-refractivity contribution < 1.29 is 19.1 Å². The first-order valence-electron chi connectivity index (χ1n) is 11.7. The Morgan fingerprint density at radius 1 is 1.06 bits per heavy atom. The molecule has 3 heterocycles. The van der Waals surface area contributed by atoms with Crippen molar-refractivity contribution >= 4 is 11.7 Å². The average molecular weight is 456 g/mol. The molecule has 1 saturated heterocycles. The number of piperidine rings is 1. The highest BCUT2D eigenvalue weighted by Gasteiger charge is 2.45. The number of carbonyl (C=O) groups excluding carboxylic acids is 2. The highest BCUT2D eigenvalue weighted by molar-refractivity contribution is 5.96. The summed E-state index contributed by atoms with van der Waals surface area (Å²) in [6.07, 6.45) is 1.50. The number of likely N-dealkylation sites (tertiary alicyclic amines) is 1. The molecule has 1 N–H and O–H groups in total. The minimum Gasteiger partial charge on any atom is -0.386 e. The summed E-state index contributed by atoms with van der Waals surface area (Å²) in [6.45, 7) is 9.62. The summed E-state index contributed by atoms with van der Waals surface area (Å²) < 4.78 is 16.7. The Labute approximate surface area is 195 Å². The molecule has 1 fully saturated rings. The van der Waals surface area contributed by atoms with Crippen LogP contribution >= 0.6 is 0 Å². The van der Waals surface area contributed by atoms with Crippen LogP contribution in [0.1, 0.15) is 72.6 Å². The van der Waals surface area contributed by atoms with Gasteiger partial charge in [0.2, 0.25) is 0 Å². The van der Waals surface area contributed by atoms with E-state index in [9.17, 15) is 19.1 Å². The van der Waals surface area contributed by atoms with Gasteiger partial charge in [-0.15, -0.1) is 0 Å². The first-order chi connectivity index (χ1) is 15.5. The van der Waals surface area contributed by atoms with Crippen LogP contribution in [-0.4, -0.2) is 57.8 Å².